The Morgan fingerprint density at radius 3 is 2.51 bits per heavy atom. The van der Waals surface area contributed by atoms with Gasteiger partial charge in [-0.2, -0.15) is 9.97 Å². The van der Waals surface area contributed by atoms with E-state index >= 15 is 0 Å². The van der Waals surface area contributed by atoms with Gasteiger partial charge in [-0.3, -0.25) is 0 Å². The molecule has 0 spiro atoms. The molecular formula is C26H44N8O. The summed E-state index contributed by atoms with van der Waals surface area (Å²) in [6.45, 7) is 2.95. The molecule has 2 aliphatic carbocycles. The number of unbranched alkanes of at least 4 members (excludes halogenated alkanes) is 1. The van der Waals surface area contributed by atoms with Crippen LogP contribution in [0.2, 0.25) is 0 Å². The number of piperidine rings is 1. The number of nitrogens with two attached hydrogens (primary N) is 1. The van der Waals surface area contributed by atoms with Crippen LogP contribution in [0.3, 0.4) is 0 Å². The molecule has 1 saturated heterocycles. The lowest BCUT2D eigenvalue weighted by atomic mass is 9.92. The Labute approximate surface area is 209 Å². The molecule has 3 heterocycles. The van der Waals surface area contributed by atoms with Crippen LogP contribution < -0.4 is 16.5 Å². The molecule has 0 amide bonds. The van der Waals surface area contributed by atoms with Crippen LogP contribution in [0.15, 0.2) is 6.33 Å². The highest BCUT2D eigenvalue weighted by Gasteiger charge is 2.25. The van der Waals surface area contributed by atoms with Gasteiger partial charge in [0.15, 0.2) is 17.0 Å². The first-order chi connectivity index (χ1) is 17.2. The topological polar surface area (TPSA) is 106 Å². The average molecular weight is 485 g/mol. The van der Waals surface area contributed by atoms with Crippen LogP contribution in [0.5, 0.6) is 0 Å². The molecule has 9 nitrogen and oxygen atoms in total. The van der Waals surface area contributed by atoms with E-state index in [1.165, 1.54) is 57.8 Å². The molecule has 1 aliphatic heterocycles. The Kier molecular flexibility index (Phi) is 8.36. The molecule has 2 saturated carbocycles. The van der Waals surface area contributed by atoms with Gasteiger partial charge in [-0.05, 0) is 63.7 Å². The third kappa shape index (κ3) is 6.24. The Balaban J connectivity index is 1.29. The van der Waals surface area contributed by atoms with Crippen molar-refractivity contribution in [3.8, 4) is 0 Å². The molecule has 0 atom stereocenters. The fourth-order valence-corrected chi connectivity index (χ4v) is 6.12. The Hall–Kier alpha value is -1.97. The standard InChI is InChI=1S/C26H44N8O/c1-35-17-5-4-6-19-13-15-33(16-14-19)32-24-23-25(34(18-28-23)22-7-2-3-8-22)31-26(30-24)29-21-11-9-20(27)10-12-21/h18-22H,2-17,27H2,1H3,(H2,29,30,31,32). The molecule has 2 aromatic heterocycles. The highest BCUT2D eigenvalue weighted by atomic mass is 16.5. The number of aromatic nitrogens is 4. The molecule has 9 heteroatoms. The lowest BCUT2D eigenvalue weighted by Gasteiger charge is -2.32. The van der Waals surface area contributed by atoms with Crippen LogP contribution in [0, 0.1) is 5.92 Å². The maximum atomic E-state index is 6.13. The van der Waals surface area contributed by atoms with E-state index in [0.29, 0.717) is 24.1 Å². The minimum atomic E-state index is 0.334. The van der Waals surface area contributed by atoms with E-state index < -0.39 is 0 Å². The van der Waals surface area contributed by atoms with Crippen LogP contribution in [0.1, 0.15) is 89.5 Å². The van der Waals surface area contributed by atoms with E-state index in [4.69, 9.17) is 25.4 Å². The average Bonchev–Trinajstić information content (AvgIpc) is 3.54. The second kappa shape index (κ2) is 11.8. The quantitative estimate of drug-likeness (QED) is 0.424. The second-order valence-corrected chi connectivity index (χ2v) is 10.9. The summed E-state index contributed by atoms with van der Waals surface area (Å²) in [6.07, 6.45) is 17.4. The van der Waals surface area contributed by atoms with Crippen LogP contribution in [-0.2, 0) is 4.74 Å². The van der Waals surface area contributed by atoms with Gasteiger partial charge in [0.05, 0.1) is 6.33 Å². The zero-order valence-electron chi connectivity index (χ0n) is 21.4. The minimum Gasteiger partial charge on any atom is -0.385 e. The molecule has 0 aromatic carbocycles. The van der Waals surface area contributed by atoms with E-state index in [0.717, 1.165) is 68.3 Å². The van der Waals surface area contributed by atoms with Gasteiger partial charge < -0.3 is 25.8 Å². The summed E-state index contributed by atoms with van der Waals surface area (Å²) in [4.78, 5) is 14.7. The summed E-state index contributed by atoms with van der Waals surface area (Å²) < 4.78 is 7.49. The van der Waals surface area contributed by atoms with Gasteiger partial charge in [-0.15, -0.1) is 0 Å². The van der Waals surface area contributed by atoms with Crippen molar-refractivity contribution in [3.05, 3.63) is 6.33 Å². The van der Waals surface area contributed by atoms with Crippen LogP contribution in [0.4, 0.5) is 11.8 Å². The number of hydrogen-bond donors (Lipinski definition) is 3. The predicted octanol–water partition coefficient (Wildman–Crippen LogP) is 4.48. The third-order valence-corrected chi connectivity index (χ3v) is 8.33. The summed E-state index contributed by atoms with van der Waals surface area (Å²) in [7, 11) is 1.79. The lowest BCUT2D eigenvalue weighted by Crippen LogP contribution is -2.38. The molecule has 35 heavy (non-hydrogen) atoms. The summed E-state index contributed by atoms with van der Waals surface area (Å²) in [6, 6.07) is 1.22. The largest absolute Gasteiger partial charge is 0.385 e. The summed E-state index contributed by atoms with van der Waals surface area (Å²) >= 11 is 0. The molecule has 2 aromatic rings. The van der Waals surface area contributed by atoms with Crippen molar-refractivity contribution in [2.24, 2.45) is 11.7 Å². The van der Waals surface area contributed by atoms with E-state index in [-0.39, 0.29) is 0 Å². The zero-order chi connectivity index (χ0) is 24.0. The first kappa shape index (κ1) is 24.7. The molecule has 3 fully saturated rings. The molecule has 4 N–H and O–H groups in total. The molecular weight excluding hydrogens is 440 g/mol. The van der Waals surface area contributed by atoms with Crippen LogP contribution in [0.25, 0.3) is 11.2 Å². The normalized spacial score (nSPS) is 24.9. The molecule has 0 radical (unpaired) electrons. The summed E-state index contributed by atoms with van der Waals surface area (Å²) in [5.74, 6) is 2.36. The SMILES string of the molecule is COCCCCC1CCN(Nc2nc(NC3CCC(N)CC3)nc3c2ncn3C2CCCC2)CC1. The van der Waals surface area contributed by atoms with Crippen molar-refractivity contribution >= 4 is 22.9 Å². The molecule has 5 rings (SSSR count). The van der Waals surface area contributed by atoms with Crippen molar-refractivity contribution in [2.75, 3.05) is 37.5 Å². The molecule has 3 aliphatic rings. The number of hydrogen-bond acceptors (Lipinski definition) is 8. The maximum absolute atomic E-state index is 6.13. The van der Waals surface area contributed by atoms with Crippen molar-refractivity contribution < 1.29 is 4.74 Å². The van der Waals surface area contributed by atoms with Crippen LogP contribution >= 0.6 is 0 Å². The van der Waals surface area contributed by atoms with Gasteiger partial charge in [0, 0.05) is 44.9 Å². The van der Waals surface area contributed by atoms with Crippen molar-refractivity contribution in [1.82, 2.24) is 24.5 Å². The first-order valence-corrected chi connectivity index (χ1v) is 14.0. The zero-order valence-corrected chi connectivity index (χ0v) is 21.4. The Bertz CT molecular complexity index is 927. The van der Waals surface area contributed by atoms with Gasteiger partial charge in [-0.1, -0.05) is 25.7 Å². The van der Waals surface area contributed by atoms with Crippen molar-refractivity contribution in [3.63, 3.8) is 0 Å². The summed E-state index contributed by atoms with van der Waals surface area (Å²) in [5, 5.41) is 5.96. The van der Waals surface area contributed by atoms with E-state index in [1.54, 1.807) is 7.11 Å². The minimum absolute atomic E-state index is 0.334. The van der Waals surface area contributed by atoms with Gasteiger partial charge in [-0.25, -0.2) is 9.99 Å². The fraction of sp³-hybridized carbons (Fsp3) is 0.808. The Morgan fingerprint density at radius 1 is 1.00 bits per heavy atom. The number of imidazole rings is 1. The third-order valence-electron chi connectivity index (χ3n) is 8.33. The number of ether oxygens (including phenoxy) is 1. The number of nitrogens with one attached hydrogen (secondary N) is 2. The lowest BCUT2D eigenvalue weighted by molar-refractivity contribution is 0.179. The number of nitrogens with zero attached hydrogens (tertiary/aromatic N) is 5. The second-order valence-electron chi connectivity index (χ2n) is 10.9. The van der Waals surface area contributed by atoms with Crippen molar-refractivity contribution in [1.29, 1.82) is 0 Å². The van der Waals surface area contributed by atoms with E-state index in [9.17, 15) is 0 Å². The Morgan fingerprint density at radius 2 is 1.77 bits per heavy atom. The van der Waals surface area contributed by atoms with Gasteiger partial charge in [0.25, 0.3) is 0 Å². The fourth-order valence-electron chi connectivity index (χ4n) is 6.12. The molecule has 0 bridgehead atoms. The number of anilines is 2. The highest BCUT2D eigenvalue weighted by molar-refractivity contribution is 5.84. The number of fused-ring (bicyclic) bond motifs is 1. The number of methoxy groups -OCH3 is 1. The van der Waals surface area contributed by atoms with Crippen molar-refractivity contribution in [2.45, 2.75) is 102 Å². The highest BCUT2D eigenvalue weighted by Crippen LogP contribution is 2.34. The van der Waals surface area contributed by atoms with E-state index in [1.807, 2.05) is 6.33 Å². The monoisotopic (exact) mass is 484 g/mol. The van der Waals surface area contributed by atoms with E-state index in [2.05, 4.69) is 20.3 Å². The van der Waals surface area contributed by atoms with Crippen LogP contribution in [-0.4, -0.2) is 63.4 Å². The summed E-state index contributed by atoms with van der Waals surface area (Å²) in [5.41, 5.74) is 11.6. The number of rotatable bonds is 10. The number of hydrazine groups is 1. The predicted molar refractivity (Wildman–Crippen MR) is 140 cm³/mol. The van der Waals surface area contributed by atoms with Gasteiger partial charge in [0.1, 0.15) is 0 Å². The van der Waals surface area contributed by atoms with Gasteiger partial charge in [0.2, 0.25) is 5.95 Å². The molecule has 194 valence electrons. The van der Waals surface area contributed by atoms with Gasteiger partial charge >= 0.3 is 0 Å². The smallest absolute Gasteiger partial charge is 0.227 e. The maximum Gasteiger partial charge on any atom is 0.227 e. The molecule has 0 unspecified atom stereocenters. The first-order valence-electron chi connectivity index (χ1n) is 14.0.